The van der Waals surface area contributed by atoms with Gasteiger partial charge in [-0.3, -0.25) is 0 Å². The topological polar surface area (TPSA) is 38.0 Å². The lowest BCUT2D eigenvalue weighted by atomic mass is 9.84. The molecule has 2 heteroatoms. The summed E-state index contributed by atoms with van der Waals surface area (Å²) in [5.74, 6) is 0.592. The smallest absolute Gasteiger partial charge is 0.00966 e. The molecule has 0 aromatic rings. The average molecular weight is 200 g/mol. The van der Waals surface area contributed by atoms with Crippen LogP contribution in [0.5, 0.6) is 0 Å². The van der Waals surface area contributed by atoms with Gasteiger partial charge < -0.3 is 11.1 Å². The standard InChI is InChI=1S/C12H28N2/c1-11(2,3)7-10(8-13)9-14-12(4,5)6/h10,14H,7-9,13H2,1-6H3. The minimum absolute atomic E-state index is 0.200. The monoisotopic (exact) mass is 200 g/mol. The van der Waals surface area contributed by atoms with Gasteiger partial charge in [-0.15, -0.1) is 0 Å². The molecule has 14 heavy (non-hydrogen) atoms. The van der Waals surface area contributed by atoms with Crippen LogP contribution in [0.25, 0.3) is 0 Å². The fourth-order valence-electron chi connectivity index (χ4n) is 1.56. The highest BCUT2D eigenvalue weighted by Crippen LogP contribution is 2.23. The molecule has 0 saturated heterocycles. The van der Waals surface area contributed by atoms with Crippen LogP contribution in [0, 0.1) is 11.3 Å². The number of hydrogen-bond acceptors (Lipinski definition) is 2. The normalized spacial score (nSPS) is 15.6. The van der Waals surface area contributed by atoms with E-state index in [1.54, 1.807) is 0 Å². The van der Waals surface area contributed by atoms with Gasteiger partial charge in [-0.05, 0) is 51.6 Å². The quantitative estimate of drug-likeness (QED) is 0.731. The lowest BCUT2D eigenvalue weighted by Gasteiger charge is -2.29. The van der Waals surface area contributed by atoms with Crippen LogP contribution < -0.4 is 11.1 Å². The second kappa shape index (κ2) is 5.13. The molecule has 0 aromatic heterocycles. The first-order chi connectivity index (χ1) is 6.14. The van der Waals surface area contributed by atoms with Crippen molar-refractivity contribution in [2.75, 3.05) is 13.1 Å². The van der Waals surface area contributed by atoms with Gasteiger partial charge in [0.25, 0.3) is 0 Å². The first-order valence-electron chi connectivity index (χ1n) is 5.59. The summed E-state index contributed by atoms with van der Waals surface area (Å²) >= 11 is 0. The first kappa shape index (κ1) is 13.9. The molecule has 0 bridgehead atoms. The third-order valence-electron chi connectivity index (χ3n) is 2.16. The Bertz CT molecular complexity index is 151. The van der Waals surface area contributed by atoms with Gasteiger partial charge in [-0.2, -0.15) is 0 Å². The molecule has 0 radical (unpaired) electrons. The molecular formula is C12H28N2. The summed E-state index contributed by atoms with van der Waals surface area (Å²) in [6.07, 6.45) is 1.19. The van der Waals surface area contributed by atoms with Crippen LogP contribution in [0.15, 0.2) is 0 Å². The second-order valence-electron chi connectivity index (χ2n) is 6.50. The van der Waals surface area contributed by atoms with E-state index in [-0.39, 0.29) is 5.54 Å². The molecule has 0 saturated carbocycles. The highest BCUT2D eigenvalue weighted by Gasteiger charge is 2.19. The van der Waals surface area contributed by atoms with Crippen LogP contribution in [0.2, 0.25) is 0 Å². The van der Waals surface area contributed by atoms with Gasteiger partial charge in [0, 0.05) is 5.54 Å². The van der Waals surface area contributed by atoms with E-state index in [0.717, 1.165) is 13.1 Å². The van der Waals surface area contributed by atoms with Crippen molar-refractivity contribution in [1.82, 2.24) is 5.32 Å². The van der Waals surface area contributed by atoms with Crippen molar-refractivity contribution in [2.45, 2.75) is 53.5 Å². The number of rotatable bonds is 4. The molecule has 1 unspecified atom stereocenters. The van der Waals surface area contributed by atoms with Crippen molar-refractivity contribution in [3.8, 4) is 0 Å². The molecule has 2 nitrogen and oxygen atoms in total. The van der Waals surface area contributed by atoms with Gasteiger partial charge in [-0.1, -0.05) is 20.8 Å². The molecule has 0 aliphatic heterocycles. The summed E-state index contributed by atoms with van der Waals surface area (Å²) in [5, 5.41) is 3.52. The van der Waals surface area contributed by atoms with Crippen molar-refractivity contribution in [2.24, 2.45) is 17.1 Å². The van der Waals surface area contributed by atoms with Gasteiger partial charge >= 0.3 is 0 Å². The Morgan fingerprint density at radius 3 is 1.86 bits per heavy atom. The summed E-state index contributed by atoms with van der Waals surface area (Å²) in [5.41, 5.74) is 6.35. The molecule has 0 fully saturated rings. The average Bonchev–Trinajstić information content (AvgIpc) is 1.94. The molecule has 86 valence electrons. The highest BCUT2D eigenvalue weighted by molar-refractivity contribution is 4.76. The Morgan fingerprint density at radius 1 is 1.07 bits per heavy atom. The molecule has 0 aromatic carbocycles. The van der Waals surface area contributed by atoms with Gasteiger partial charge in [0.05, 0.1) is 0 Å². The number of nitrogens with one attached hydrogen (secondary N) is 1. The van der Waals surface area contributed by atoms with Crippen LogP contribution in [0.4, 0.5) is 0 Å². The summed E-state index contributed by atoms with van der Waals surface area (Å²) in [6.45, 7) is 15.2. The van der Waals surface area contributed by atoms with Crippen molar-refractivity contribution in [1.29, 1.82) is 0 Å². The Morgan fingerprint density at radius 2 is 1.57 bits per heavy atom. The lowest BCUT2D eigenvalue weighted by molar-refractivity contribution is 0.271. The molecule has 0 aliphatic carbocycles. The fraction of sp³-hybridized carbons (Fsp3) is 1.00. The minimum Gasteiger partial charge on any atom is -0.330 e. The Labute approximate surface area is 89.6 Å². The zero-order chi connectivity index (χ0) is 11.4. The van der Waals surface area contributed by atoms with Crippen LogP contribution in [-0.2, 0) is 0 Å². The second-order valence-corrected chi connectivity index (χ2v) is 6.50. The molecule has 3 N–H and O–H groups in total. The maximum absolute atomic E-state index is 5.77. The fourth-order valence-corrected chi connectivity index (χ4v) is 1.56. The van der Waals surface area contributed by atoms with Crippen LogP contribution >= 0.6 is 0 Å². The van der Waals surface area contributed by atoms with Crippen LogP contribution in [-0.4, -0.2) is 18.6 Å². The van der Waals surface area contributed by atoms with Crippen LogP contribution in [0.1, 0.15) is 48.0 Å². The lowest BCUT2D eigenvalue weighted by Crippen LogP contribution is -2.41. The van der Waals surface area contributed by atoms with E-state index in [9.17, 15) is 0 Å². The van der Waals surface area contributed by atoms with Crippen molar-refractivity contribution < 1.29 is 0 Å². The molecule has 1 atom stereocenters. The largest absolute Gasteiger partial charge is 0.330 e. The van der Waals surface area contributed by atoms with E-state index in [1.165, 1.54) is 6.42 Å². The van der Waals surface area contributed by atoms with Gasteiger partial charge in [0.1, 0.15) is 0 Å². The minimum atomic E-state index is 0.200. The molecular weight excluding hydrogens is 172 g/mol. The summed E-state index contributed by atoms with van der Waals surface area (Å²) in [6, 6.07) is 0. The third kappa shape index (κ3) is 8.52. The van der Waals surface area contributed by atoms with Crippen LogP contribution in [0.3, 0.4) is 0 Å². The maximum Gasteiger partial charge on any atom is 0.00966 e. The Kier molecular flexibility index (Phi) is 5.10. The van der Waals surface area contributed by atoms with Crippen molar-refractivity contribution >= 4 is 0 Å². The van der Waals surface area contributed by atoms with Crippen molar-refractivity contribution in [3.05, 3.63) is 0 Å². The van der Waals surface area contributed by atoms with E-state index in [0.29, 0.717) is 11.3 Å². The number of hydrogen-bond donors (Lipinski definition) is 2. The molecule has 0 rings (SSSR count). The first-order valence-corrected chi connectivity index (χ1v) is 5.59. The summed E-state index contributed by atoms with van der Waals surface area (Å²) in [4.78, 5) is 0. The van der Waals surface area contributed by atoms with E-state index in [4.69, 9.17) is 5.73 Å². The summed E-state index contributed by atoms with van der Waals surface area (Å²) < 4.78 is 0. The molecule has 0 amide bonds. The SMILES string of the molecule is CC(C)(C)CC(CN)CNC(C)(C)C. The molecule has 0 spiro atoms. The predicted octanol–water partition coefficient (Wildman–Crippen LogP) is 2.39. The van der Waals surface area contributed by atoms with E-state index in [1.807, 2.05) is 0 Å². The van der Waals surface area contributed by atoms with Crippen molar-refractivity contribution in [3.63, 3.8) is 0 Å². The van der Waals surface area contributed by atoms with Gasteiger partial charge in [0.15, 0.2) is 0 Å². The van der Waals surface area contributed by atoms with E-state index < -0.39 is 0 Å². The van der Waals surface area contributed by atoms with Gasteiger partial charge in [0.2, 0.25) is 0 Å². The zero-order valence-corrected chi connectivity index (χ0v) is 10.8. The maximum atomic E-state index is 5.77. The summed E-state index contributed by atoms with van der Waals surface area (Å²) in [7, 11) is 0. The van der Waals surface area contributed by atoms with E-state index in [2.05, 4.69) is 46.9 Å². The Hall–Kier alpha value is -0.0800. The Balaban J connectivity index is 3.93. The highest BCUT2D eigenvalue weighted by atomic mass is 14.9. The third-order valence-corrected chi connectivity index (χ3v) is 2.16. The zero-order valence-electron chi connectivity index (χ0n) is 10.8. The van der Waals surface area contributed by atoms with E-state index >= 15 is 0 Å². The molecule has 0 heterocycles. The number of nitrogens with two attached hydrogens (primary N) is 1. The molecule has 0 aliphatic rings. The van der Waals surface area contributed by atoms with Gasteiger partial charge in [-0.25, -0.2) is 0 Å². The predicted molar refractivity (Wildman–Crippen MR) is 64.4 cm³/mol.